The van der Waals surface area contributed by atoms with E-state index in [1.54, 1.807) is 6.07 Å². The second-order valence-corrected chi connectivity index (χ2v) is 8.17. The van der Waals surface area contributed by atoms with Gasteiger partial charge in [-0.2, -0.15) is 0 Å². The van der Waals surface area contributed by atoms with E-state index >= 15 is 0 Å². The second-order valence-electron chi connectivity index (χ2n) is 7.77. The number of nitrogens with zero attached hydrogens (tertiary/aromatic N) is 1. The van der Waals surface area contributed by atoms with E-state index in [1.807, 2.05) is 43.3 Å². The molecule has 0 saturated carbocycles. The van der Waals surface area contributed by atoms with Gasteiger partial charge in [-0.3, -0.25) is 9.69 Å². The first kappa shape index (κ1) is 18.3. The van der Waals surface area contributed by atoms with Crippen LogP contribution in [0, 0.1) is 6.92 Å². The van der Waals surface area contributed by atoms with Crippen molar-refractivity contribution in [2.75, 3.05) is 12.4 Å². The molecule has 2 heterocycles. The maximum atomic E-state index is 12.6. The van der Waals surface area contributed by atoms with Crippen molar-refractivity contribution in [2.24, 2.45) is 0 Å². The quantitative estimate of drug-likeness (QED) is 0.758. The fourth-order valence-corrected chi connectivity index (χ4v) is 4.54. The Bertz CT molecular complexity index is 889. The van der Waals surface area contributed by atoms with Gasteiger partial charge in [0.05, 0.1) is 0 Å². The number of halogens is 1. The van der Waals surface area contributed by atoms with Crippen molar-refractivity contribution in [2.45, 2.75) is 44.7 Å². The Hall–Kier alpha value is -2.10. The zero-order valence-electron chi connectivity index (χ0n) is 15.8. The minimum Gasteiger partial charge on any atom is -0.322 e. The van der Waals surface area contributed by atoms with Crippen LogP contribution in [-0.2, 0) is 0 Å². The summed E-state index contributed by atoms with van der Waals surface area (Å²) in [4.78, 5) is 15.1. The molecule has 3 nitrogen and oxygen atoms in total. The summed E-state index contributed by atoms with van der Waals surface area (Å²) in [6.45, 7) is 1.98. The lowest BCUT2D eigenvalue weighted by molar-refractivity contribution is 0.102. The highest BCUT2D eigenvalue weighted by Gasteiger charge is 2.35. The summed E-state index contributed by atoms with van der Waals surface area (Å²) in [6, 6.07) is 14.7. The molecule has 140 valence electrons. The number of rotatable bonds is 3. The molecule has 4 heteroatoms. The van der Waals surface area contributed by atoms with E-state index < -0.39 is 0 Å². The SMILES string of the molecule is Cc1ccccc1NC(=O)c1ccc(C=C2CC3CCC(C2)N3C)c(Cl)c1. The number of hydrogen-bond acceptors (Lipinski definition) is 2. The number of carbonyl (C=O) groups is 1. The first-order valence-corrected chi connectivity index (χ1v) is 9.97. The van der Waals surface area contributed by atoms with Gasteiger partial charge >= 0.3 is 0 Å². The van der Waals surface area contributed by atoms with Crippen LogP contribution in [0.4, 0.5) is 5.69 Å². The number of anilines is 1. The summed E-state index contributed by atoms with van der Waals surface area (Å²) in [6.07, 6.45) is 7.07. The summed E-state index contributed by atoms with van der Waals surface area (Å²) in [5, 5.41) is 3.59. The molecule has 0 radical (unpaired) electrons. The maximum Gasteiger partial charge on any atom is 0.255 e. The average Bonchev–Trinajstić information content (AvgIpc) is 2.86. The van der Waals surface area contributed by atoms with E-state index in [0.29, 0.717) is 22.7 Å². The molecular weight excluding hydrogens is 356 g/mol. The number of nitrogens with one attached hydrogen (secondary N) is 1. The lowest BCUT2D eigenvalue weighted by Gasteiger charge is -2.32. The molecule has 1 amide bonds. The Balaban J connectivity index is 1.50. The molecule has 2 aromatic rings. The summed E-state index contributed by atoms with van der Waals surface area (Å²) in [5.41, 5.74) is 4.92. The smallest absolute Gasteiger partial charge is 0.255 e. The number of aryl methyl sites for hydroxylation is 1. The van der Waals surface area contributed by atoms with Crippen molar-refractivity contribution in [1.82, 2.24) is 4.90 Å². The van der Waals surface area contributed by atoms with Crippen LogP contribution in [0.1, 0.15) is 47.2 Å². The number of amides is 1. The summed E-state index contributed by atoms with van der Waals surface area (Å²) in [5.74, 6) is -0.136. The number of para-hydroxylation sites is 1. The van der Waals surface area contributed by atoms with Crippen molar-refractivity contribution in [1.29, 1.82) is 0 Å². The highest BCUT2D eigenvalue weighted by molar-refractivity contribution is 6.32. The molecule has 4 rings (SSSR count). The van der Waals surface area contributed by atoms with Gasteiger partial charge in [0.2, 0.25) is 0 Å². The minimum absolute atomic E-state index is 0.136. The van der Waals surface area contributed by atoms with Gasteiger partial charge in [0.1, 0.15) is 0 Å². The summed E-state index contributed by atoms with van der Waals surface area (Å²) >= 11 is 6.51. The van der Waals surface area contributed by atoms with Crippen LogP contribution in [0.15, 0.2) is 48.0 Å². The molecule has 2 aliphatic heterocycles. The van der Waals surface area contributed by atoms with Gasteiger partial charge in [-0.05, 0) is 69.0 Å². The van der Waals surface area contributed by atoms with Crippen LogP contribution in [0.3, 0.4) is 0 Å². The Morgan fingerprint density at radius 3 is 2.52 bits per heavy atom. The molecule has 2 unspecified atom stereocenters. The normalized spacial score (nSPS) is 22.0. The fraction of sp³-hybridized carbons (Fsp3) is 0.348. The molecule has 0 aromatic heterocycles. The molecule has 0 spiro atoms. The number of piperidine rings is 1. The molecule has 2 fully saturated rings. The largest absolute Gasteiger partial charge is 0.322 e. The van der Waals surface area contributed by atoms with E-state index in [0.717, 1.165) is 29.7 Å². The van der Waals surface area contributed by atoms with Crippen LogP contribution >= 0.6 is 11.6 Å². The highest BCUT2D eigenvalue weighted by Crippen LogP contribution is 2.38. The van der Waals surface area contributed by atoms with Gasteiger partial charge in [0.25, 0.3) is 5.91 Å². The average molecular weight is 381 g/mol. The summed E-state index contributed by atoms with van der Waals surface area (Å²) < 4.78 is 0. The molecule has 0 aliphatic carbocycles. The minimum atomic E-state index is -0.136. The van der Waals surface area contributed by atoms with Gasteiger partial charge in [0, 0.05) is 28.4 Å². The topological polar surface area (TPSA) is 32.3 Å². The molecule has 2 bridgehead atoms. The predicted molar refractivity (Wildman–Crippen MR) is 112 cm³/mol. The molecule has 2 atom stereocenters. The van der Waals surface area contributed by atoms with Crippen LogP contribution in [0.5, 0.6) is 0 Å². The second kappa shape index (κ2) is 7.49. The Morgan fingerprint density at radius 2 is 1.85 bits per heavy atom. The van der Waals surface area contributed by atoms with E-state index in [1.165, 1.54) is 18.4 Å². The Labute approximate surface area is 166 Å². The lowest BCUT2D eigenvalue weighted by atomic mass is 9.95. The molecular formula is C23H25ClN2O. The van der Waals surface area contributed by atoms with Crippen molar-refractivity contribution in [3.63, 3.8) is 0 Å². The molecule has 1 N–H and O–H groups in total. The van der Waals surface area contributed by atoms with E-state index in [-0.39, 0.29) is 5.91 Å². The first-order chi connectivity index (χ1) is 13.0. The van der Waals surface area contributed by atoms with Crippen LogP contribution in [0.2, 0.25) is 5.02 Å². The molecule has 2 aromatic carbocycles. The van der Waals surface area contributed by atoms with E-state index in [9.17, 15) is 4.79 Å². The van der Waals surface area contributed by atoms with Crippen molar-refractivity contribution in [3.8, 4) is 0 Å². The highest BCUT2D eigenvalue weighted by atomic mass is 35.5. The number of carbonyl (C=O) groups excluding carboxylic acids is 1. The van der Waals surface area contributed by atoms with Crippen LogP contribution in [-0.4, -0.2) is 29.9 Å². The van der Waals surface area contributed by atoms with Gasteiger partial charge in [-0.1, -0.05) is 47.5 Å². The third-order valence-electron chi connectivity index (χ3n) is 6.00. The van der Waals surface area contributed by atoms with Gasteiger partial charge in [-0.25, -0.2) is 0 Å². The number of fused-ring (bicyclic) bond motifs is 2. The number of benzene rings is 2. The van der Waals surface area contributed by atoms with Gasteiger partial charge < -0.3 is 5.32 Å². The van der Waals surface area contributed by atoms with Crippen molar-refractivity contribution < 1.29 is 4.79 Å². The molecule has 27 heavy (non-hydrogen) atoms. The van der Waals surface area contributed by atoms with Gasteiger partial charge in [0.15, 0.2) is 0 Å². The maximum absolute atomic E-state index is 12.6. The Kier molecular flexibility index (Phi) is 5.07. The monoisotopic (exact) mass is 380 g/mol. The molecule has 2 saturated heterocycles. The standard InChI is InChI=1S/C23H25ClN2O/c1-15-5-3-4-6-22(15)25-23(27)18-8-7-17(21(24)14-18)11-16-12-19-9-10-20(13-16)26(19)2/h3-8,11,14,19-20H,9-10,12-13H2,1-2H3,(H,25,27). The zero-order valence-corrected chi connectivity index (χ0v) is 16.6. The zero-order chi connectivity index (χ0) is 19.0. The predicted octanol–water partition coefficient (Wildman–Crippen LogP) is 5.54. The van der Waals surface area contributed by atoms with Gasteiger partial charge in [-0.15, -0.1) is 0 Å². The van der Waals surface area contributed by atoms with E-state index in [4.69, 9.17) is 11.6 Å². The number of hydrogen-bond donors (Lipinski definition) is 1. The fourth-order valence-electron chi connectivity index (χ4n) is 4.30. The molecule has 2 aliphatic rings. The van der Waals surface area contributed by atoms with Crippen molar-refractivity contribution in [3.05, 3.63) is 69.8 Å². The van der Waals surface area contributed by atoms with E-state index in [2.05, 4.69) is 23.3 Å². The van der Waals surface area contributed by atoms with Crippen molar-refractivity contribution >= 4 is 29.3 Å². The van der Waals surface area contributed by atoms with Crippen LogP contribution < -0.4 is 5.32 Å². The summed E-state index contributed by atoms with van der Waals surface area (Å²) in [7, 11) is 2.24. The lowest BCUT2D eigenvalue weighted by Crippen LogP contribution is -2.36. The third-order valence-corrected chi connectivity index (χ3v) is 6.32. The van der Waals surface area contributed by atoms with Crippen LogP contribution in [0.25, 0.3) is 6.08 Å². The first-order valence-electron chi connectivity index (χ1n) is 9.59. The Morgan fingerprint density at radius 1 is 1.15 bits per heavy atom. The third kappa shape index (κ3) is 3.80.